The van der Waals surface area contributed by atoms with Crippen LogP contribution in [0.25, 0.3) is 0 Å². The Hall–Kier alpha value is -0.670. The molecule has 4 heteroatoms. The average molecular weight is 220 g/mol. The molecule has 78 valence electrons. The van der Waals surface area contributed by atoms with Crippen LogP contribution in [-0.2, 0) is 0 Å². The van der Waals surface area contributed by atoms with Gasteiger partial charge in [-0.2, -0.15) is 0 Å². The molecule has 0 saturated carbocycles. The van der Waals surface area contributed by atoms with Gasteiger partial charge in [-0.05, 0) is 24.7 Å². The zero-order valence-electron chi connectivity index (χ0n) is 7.81. The highest BCUT2D eigenvalue weighted by Gasteiger charge is 2.20. The van der Waals surface area contributed by atoms with Crippen molar-refractivity contribution >= 4 is 11.6 Å². The molecule has 0 bridgehead atoms. The van der Waals surface area contributed by atoms with Gasteiger partial charge < -0.3 is 5.32 Å². The second-order valence-electron chi connectivity index (χ2n) is 2.99. The monoisotopic (exact) mass is 219 g/mol. The number of halogens is 3. The van der Waals surface area contributed by atoms with Gasteiger partial charge in [-0.25, -0.2) is 8.78 Å². The number of nitrogens with one attached hydrogen (secondary N) is 1. The maximum Gasteiger partial charge on any atom is 0.148 e. The third-order valence-electron chi connectivity index (χ3n) is 2.05. The minimum absolute atomic E-state index is 0.583. The smallest absolute Gasteiger partial charge is 0.148 e. The minimum atomic E-state index is -1.53. The molecule has 1 aromatic carbocycles. The summed E-state index contributed by atoms with van der Waals surface area (Å²) in [5, 5.41) is 3.31. The Kier molecular flexibility index (Phi) is 4.29. The van der Waals surface area contributed by atoms with E-state index in [4.69, 9.17) is 11.6 Å². The van der Waals surface area contributed by atoms with Gasteiger partial charge in [0.05, 0.1) is 6.04 Å². The minimum Gasteiger partial charge on any atom is -0.311 e. The largest absolute Gasteiger partial charge is 0.311 e. The lowest BCUT2D eigenvalue weighted by atomic mass is 10.0. The first-order valence-corrected chi connectivity index (χ1v) is 4.69. The van der Waals surface area contributed by atoms with Gasteiger partial charge in [-0.1, -0.05) is 23.7 Å². The Balaban J connectivity index is 2.84. The zero-order chi connectivity index (χ0) is 10.6. The van der Waals surface area contributed by atoms with E-state index >= 15 is 0 Å². The molecule has 0 fully saturated rings. The van der Waals surface area contributed by atoms with E-state index in [0.29, 0.717) is 10.6 Å². The van der Waals surface area contributed by atoms with E-state index in [1.165, 1.54) is 0 Å². The van der Waals surface area contributed by atoms with Crippen molar-refractivity contribution in [3.05, 3.63) is 34.9 Å². The predicted molar refractivity (Wildman–Crippen MR) is 54.1 cm³/mol. The summed E-state index contributed by atoms with van der Waals surface area (Å²) in [6, 6.07) is 6.08. The molecular formula is C10H12ClF2N. The fourth-order valence-corrected chi connectivity index (χ4v) is 1.44. The third-order valence-corrected chi connectivity index (χ3v) is 2.30. The van der Waals surface area contributed by atoms with Crippen LogP contribution in [0.2, 0.25) is 5.02 Å². The Morgan fingerprint density at radius 2 is 1.93 bits per heavy atom. The number of alkyl halides is 2. The van der Waals surface area contributed by atoms with Crippen LogP contribution < -0.4 is 5.32 Å². The molecule has 0 aliphatic rings. The summed E-state index contributed by atoms with van der Waals surface area (Å²) in [5.74, 6) is 0. The van der Waals surface area contributed by atoms with Crippen LogP contribution >= 0.6 is 11.6 Å². The SMILES string of the molecule is CN[C@H](c1ccc(Cl)cc1)C(F)CF. The van der Waals surface area contributed by atoms with E-state index in [1.807, 2.05) is 0 Å². The molecule has 1 unspecified atom stereocenters. The van der Waals surface area contributed by atoms with Crippen molar-refractivity contribution in [1.82, 2.24) is 5.32 Å². The summed E-state index contributed by atoms with van der Waals surface area (Å²) in [5.41, 5.74) is 0.696. The lowest BCUT2D eigenvalue weighted by molar-refractivity contribution is 0.207. The highest BCUT2D eigenvalue weighted by atomic mass is 35.5. The molecule has 1 nitrogen and oxygen atoms in total. The molecule has 0 radical (unpaired) electrons. The van der Waals surface area contributed by atoms with Gasteiger partial charge >= 0.3 is 0 Å². The molecule has 1 N–H and O–H groups in total. The van der Waals surface area contributed by atoms with Crippen LogP contribution in [0.1, 0.15) is 11.6 Å². The van der Waals surface area contributed by atoms with E-state index in [2.05, 4.69) is 5.32 Å². The Bertz CT molecular complexity index is 276. The maximum absolute atomic E-state index is 13.1. The number of hydrogen-bond acceptors (Lipinski definition) is 1. The van der Waals surface area contributed by atoms with Gasteiger partial charge in [0.25, 0.3) is 0 Å². The van der Waals surface area contributed by atoms with Crippen molar-refractivity contribution in [2.75, 3.05) is 13.7 Å². The molecule has 0 saturated heterocycles. The number of hydrogen-bond donors (Lipinski definition) is 1. The molecule has 0 aromatic heterocycles. The van der Waals surface area contributed by atoms with Crippen molar-refractivity contribution in [3.8, 4) is 0 Å². The van der Waals surface area contributed by atoms with Crippen molar-refractivity contribution in [2.45, 2.75) is 12.2 Å². The van der Waals surface area contributed by atoms with E-state index < -0.39 is 18.9 Å². The first-order chi connectivity index (χ1) is 6.69. The Morgan fingerprint density at radius 1 is 1.36 bits per heavy atom. The highest BCUT2D eigenvalue weighted by Crippen LogP contribution is 2.21. The molecule has 0 aliphatic heterocycles. The number of benzene rings is 1. The van der Waals surface area contributed by atoms with E-state index in [-0.39, 0.29) is 0 Å². The van der Waals surface area contributed by atoms with Crippen LogP contribution in [0, 0.1) is 0 Å². The summed E-state index contributed by atoms with van der Waals surface area (Å²) in [4.78, 5) is 0. The van der Waals surface area contributed by atoms with Gasteiger partial charge in [0.1, 0.15) is 12.8 Å². The van der Waals surface area contributed by atoms with Crippen molar-refractivity contribution in [1.29, 1.82) is 0 Å². The molecule has 2 atom stereocenters. The summed E-state index contributed by atoms with van der Waals surface area (Å²) in [6.45, 7) is -0.992. The zero-order valence-corrected chi connectivity index (χ0v) is 8.56. The fraction of sp³-hybridized carbons (Fsp3) is 0.400. The van der Waals surface area contributed by atoms with Crippen LogP contribution in [0.15, 0.2) is 24.3 Å². The van der Waals surface area contributed by atoms with Crippen LogP contribution in [0.4, 0.5) is 8.78 Å². The van der Waals surface area contributed by atoms with Crippen LogP contribution in [-0.4, -0.2) is 19.9 Å². The lowest BCUT2D eigenvalue weighted by Gasteiger charge is -2.18. The Morgan fingerprint density at radius 3 is 2.36 bits per heavy atom. The third kappa shape index (κ3) is 2.66. The molecule has 0 spiro atoms. The molecule has 14 heavy (non-hydrogen) atoms. The van der Waals surface area contributed by atoms with Crippen molar-refractivity contribution in [2.24, 2.45) is 0 Å². The van der Waals surface area contributed by atoms with E-state index in [0.717, 1.165) is 0 Å². The molecular weight excluding hydrogens is 208 g/mol. The van der Waals surface area contributed by atoms with Crippen LogP contribution in [0.3, 0.4) is 0 Å². The first-order valence-electron chi connectivity index (χ1n) is 4.31. The number of rotatable bonds is 4. The summed E-state index contributed by atoms with van der Waals surface area (Å²) < 4.78 is 25.3. The van der Waals surface area contributed by atoms with Gasteiger partial charge in [0, 0.05) is 5.02 Å². The summed E-state index contributed by atoms with van der Waals surface area (Å²) >= 11 is 5.68. The second-order valence-corrected chi connectivity index (χ2v) is 3.42. The van der Waals surface area contributed by atoms with Gasteiger partial charge in [0.15, 0.2) is 0 Å². The molecule has 1 rings (SSSR count). The highest BCUT2D eigenvalue weighted by molar-refractivity contribution is 6.30. The predicted octanol–water partition coefficient (Wildman–Crippen LogP) is 2.91. The van der Waals surface area contributed by atoms with Crippen molar-refractivity contribution in [3.63, 3.8) is 0 Å². The standard InChI is InChI=1S/C10H12ClF2N/c1-14-10(9(13)6-12)7-2-4-8(11)5-3-7/h2-5,9-10,14H,6H2,1H3/t9?,10-/m1/s1. The lowest BCUT2D eigenvalue weighted by Crippen LogP contribution is -2.27. The van der Waals surface area contributed by atoms with E-state index in [1.54, 1.807) is 31.3 Å². The maximum atomic E-state index is 13.1. The average Bonchev–Trinajstić information content (AvgIpc) is 2.21. The van der Waals surface area contributed by atoms with E-state index in [9.17, 15) is 8.78 Å². The first kappa shape index (κ1) is 11.4. The normalized spacial score (nSPS) is 15.1. The Labute approximate surface area is 87.1 Å². The second kappa shape index (κ2) is 5.27. The molecule has 1 aromatic rings. The molecule has 0 aliphatic carbocycles. The summed E-state index contributed by atoms with van der Waals surface area (Å²) in [6.07, 6.45) is -1.53. The van der Waals surface area contributed by atoms with Gasteiger partial charge in [0.2, 0.25) is 0 Å². The summed E-state index contributed by atoms with van der Waals surface area (Å²) in [7, 11) is 1.60. The fourth-order valence-electron chi connectivity index (χ4n) is 1.32. The topological polar surface area (TPSA) is 12.0 Å². The van der Waals surface area contributed by atoms with Gasteiger partial charge in [-0.15, -0.1) is 0 Å². The quantitative estimate of drug-likeness (QED) is 0.821. The molecule has 0 heterocycles. The van der Waals surface area contributed by atoms with Crippen LogP contribution in [0.5, 0.6) is 0 Å². The molecule has 0 amide bonds. The van der Waals surface area contributed by atoms with Gasteiger partial charge in [-0.3, -0.25) is 0 Å². The van der Waals surface area contributed by atoms with Crippen molar-refractivity contribution < 1.29 is 8.78 Å².